The molecule has 0 aromatic heterocycles. The lowest BCUT2D eigenvalue weighted by atomic mass is 9.45. The van der Waals surface area contributed by atoms with Crippen LogP contribution in [0.2, 0.25) is 5.82 Å². The van der Waals surface area contributed by atoms with E-state index in [9.17, 15) is 4.79 Å². The van der Waals surface area contributed by atoms with Gasteiger partial charge < -0.3 is 23.8 Å². The quantitative estimate of drug-likeness (QED) is 0.476. The topological polar surface area (TPSA) is 63.8 Å². The third-order valence-electron chi connectivity index (χ3n) is 8.27. The summed E-state index contributed by atoms with van der Waals surface area (Å²) in [4.78, 5) is 14.5. The molecule has 29 heavy (non-hydrogen) atoms. The van der Waals surface area contributed by atoms with Crippen molar-refractivity contribution in [2.24, 2.45) is 17.8 Å². The molecule has 1 aliphatic carbocycles. The van der Waals surface area contributed by atoms with Crippen LogP contribution in [0.5, 0.6) is 0 Å². The van der Waals surface area contributed by atoms with Gasteiger partial charge in [0.05, 0.1) is 33.5 Å². The number of hydrogen-bond donors (Lipinski definition) is 0. The summed E-state index contributed by atoms with van der Waals surface area (Å²) in [5.41, 5.74) is -0.437. The second-order valence-electron chi connectivity index (χ2n) is 10.4. The third-order valence-corrected chi connectivity index (χ3v) is 8.27. The highest BCUT2D eigenvalue weighted by Gasteiger charge is 2.72. The van der Waals surface area contributed by atoms with Gasteiger partial charge in [-0.05, 0) is 43.8 Å². The number of methoxy groups -OCH3 is 1. The molecule has 0 bridgehead atoms. The number of rotatable bonds is 7. The Balaban J connectivity index is 1.44. The highest BCUT2D eigenvalue weighted by atomic mass is 16.6. The molecule has 8 heteroatoms. The predicted octanol–water partition coefficient (Wildman–Crippen LogP) is 1.61. The molecule has 3 heterocycles. The molecule has 0 aromatic carbocycles. The zero-order chi connectivity index (χ0) is 21.0. The maximum Gasteiger partial charge on any atom is 0.410 e. The van der Waals surface area contributed by atoms with Crippen molar-refractivity contribution in [3.63, 3.8) is 0 Å². The van der Waals surface area contributed by atoms with E-state index < -0.39 is 0 Å². The van der Waals surface area contributed by atoms with Gasteiger partial charge in [0.25, 0.3) is 0 Å². The van der Waals surface area contributed by atoms with Crippen LogP contribution in [0, 0.1) is 17.8 Å². The van der Waals surface area contributed by atoms with Crippen LogP contribution in [0.3, 0.4) is 0 Å². The third kappa shape index (κ3) is 3.85. The van der Waals surface area contributed by atoms with Crippen LogP contribution in [0.25, 0.3) is 0 Å². The summed E-state index contributed by atoms with van der Waals surface area (Å²) in [5.74, 6) is 1.95. The number of amides is 1. The molecular weight excluding hydrogens is 368 g/mol. The minimum atomic E-state index is -0.268. The van der Waals surface area contributed by atoms with Crippen LogP contribution in [-0.4, -0.2) is 82.2 Å². The Kier molecular flexibility index (Phi) is 5.75. The number of likely N-dealkylation sites (tertiary alicyclic amines) is 1. The van der Waals surface area contributed by atoms with Gasteiger partial charge in [-0.2, -0.15) is 0 Å². The molecule has 7 atom stereocenters. The number of carbonyl (C=O) groups is 1. The van der Waals surface area contributed by atoms with Crippen molar-refractivity contribution in [2.45, 2.75) is 82.3 Å². The van der Waals surface area contributed by atoms with Gasteiger partial charge >= 0.3 is 6.09 Å². The van der Waals surface area contributed by atoms with Gasteiger partial charge in [-0.1, -0.05) is 20.8 Å². The molecule has 3 saturated heterocycles. The standard InChI is InChI=1S/C21H37B2NO5/c1-12(2)13(3)8-16-20(4,29-16)18-17(26-5)15(6-7-21(18)11-27-21)28-19(25)24-9-14(10-24)23-22/h12-18,23H,6-11,22H2,1-5H3. The molecule has 7 unspecified atom stereocenters. The lowest BCUT2D eigenvalue weighted by Gasteiger charge is -2.44. The van der Waals surface area contributed by atoms with Gasteiger partial charge in [-0.15, -0.1) is 0 Å². The van der Waals surface area contributed by atoms with Gasteiger partial charge in [0.15, 0.2) is 0 Å². The van der Waals surface area contributed by atoms with Gasteiger partial charge in [-0.3, -0.25) is 0 Å². The summed E-state index contributed by atoms with van der Waals surface area (Å²) in [7, 11) is 5.01. The van der Waals surface area contributed by atoms with Crippen LogP contribution < -0.4 is 0 Å². The molecule has 6 nitrogen and oxygen atoms in total. The van der Waals surface area contributed by atoms with E-state index >= 15 is 0 Å². The minimum absolute atomic E-state index is 0.0932. The molecule has 1 amide bonds. The van der Waals surface area contributed by atoms with Crippen LogP contribution >= 0.6 is 0 Å². The number of epoxide rings is 2. The summed E-state index contributed by atoms with van der Waals surface area (Å²) in [6, 6.07) is 0. The number of ether oxygens (including phenoxy) is 4. The van der Waals surface area contributed by atoms with Crippen molar-refractivity contribution in [3.8, 4) is 0 Å². The molecule has 4 rings (SSSR count). The first-order valence-electron chi connectivity index (χ1n) is 11.5. The monoisotopic (exact) mass is 405 g/mol. The Labute approximate surface area is 177 Å². The van der Waals surface area contributed by atoms with Crippen molar-refractivity contribution in [3.05, 3.63) is 0 Å². The summed E-state index contributed by atoms with van der Waals surface area (Å²) in [6.07, 6.45) is 2.33. The van der Waals surface area contributed by atoms with E-state index in [1.807, 2.05) is 4.90 Å². The van der Waals surface area contributed by atoms with Crippen LogP contribution in [-0.2, 0) is 18.9 Å². The summed E-state index contributed by atoms with van der Waals surface area (Å²) >= 11 is 0. The van der Waals surface area contributed by atoms with Crippen molar-refractivity contribution in [1.29, 1.82) is 0 Å². The number of carbonyl (C=O) groups excluding carboxylic acids is 1. The molecule has 162 valence electrons. The van der Waals surface area contributed by atoms with Crippen molar-refractivity contribution >= 4 is 21.0 Å². The van der Waals surface area contributed by atoms with Gasteiger partial charge in [0.2, 0.25) is 0 Å². The van der Waals surface area contributed by atoms with E-state index in [4.69, 9.17) is 18.9 Å². The van der Waals surface area contributed by atoms with Gasteiger partial charge in [0.1, 0.15) is 23.4 Å². The Bertz CT molecular complexity index is 624. The maximum absolute atomic E-state index is 12.6. The summed E-state index contributed by atoms with van der Waals surface area (Å²) in [6.45, 7) is 11.4. The Morgan fingerprint density at radius 3 is 2.59 bits per heavy atom. The molecule has 1 spiro atoms. The lowest BCUT2D eigenvalue weighted by molar-refractivity contribution is -0.123. The molecule has 0 N–H and O–H groups in total. The van der Waals surface area contributed by atoms with E-state index in [-0.39, 0.29) is 41.5 Å². The average molecular weight is 405 g/mol. The smallest absolute Gasteiger partial charge is 0.410 e. The summed E-state index contributed by atoms with van der Waals surface area (Å²) in [5, 5.41) is 0. The lowest BCUT2D eigenvalue weighted by Crippen LogP contribution is -2.57. The number of hydrogen-bond acceptors (Lipinski definition) is 5. The first kappa shape index (κ1) is 21.5. The minimum Gasteiger partial charge on any atom is -0.443 e. The average Bonchev–Trinajstić information content (AvgIpc) is 3.54. The molecule has 0 aromatic rings. The molecule has 4 fully saturated rings. The number of nitrogens with zero attached hydrogens (tertiary/aromatic N) is 1. The van der Waals surface area contributed by atoms with Crippen LogP contribution in [0.15, 0.2) is 0 Å². The highest BCUT2D eigenvalue weighted by molar-refractivity contribution is 6.90. The second kappa shape index (κ2) is 7.76. The van der Waals surface area contributed by atoms with Crippen molar-refractivity contribution in [2.75, 3.05) is 26.8 Å². The zero-order valence-corrected chi connectivity index (χ0v) is 19.0. The van der Waals surface area contributed by atoms with Crippen LogP contribution in [0.1, 0.15) is 47.0 Å². The fraction of sp³-hybridized carbons (Fsp3) is 0.952. The molecular formula is C21H37B2NO5. The zero-order valence-electron chi connectivity index (χ0n) is 19.0. The molecule has 3 aliphatic heterocycles. The Morgan fingerprint density at radius 1 is 1.34 bits per heavy atom. The SMILES string of the molecule is BBC1CN(C(=O)OC2CCC3(CO3)C(C3(C)OC3CC(C)C(C)C)C2OC)C1. The van der Waals surface area contributed by atoms with Crippen LogP contribution in [0.4, 0.5) is 4.79 Å². The Morgan fingerprint density at radius 2 is 2.03 bits per heavy atom. The van der Waals surface area contributed by atoms with Crippen molar-refractivity contribution in [1.82, 2.24) is 4.90 Å². The maximum atomic E-state index is 12.6. The molecule has 4 aliphatic rings. The second-order valence-corrected chi connectivity index (χ2v) is 10.4. The predicted molar refractivity (Wildman–Crippen MR) is 115 cm³/mol. The van der Waals surface area contributed by atoms with E-state index in [0.29, 0.717) is 17.7 Å². The Hall–Kier alpha value is -0.720. The van der Waals surface area contributed by atoms with E-state index in [1.54, 1.807) is 7.11 Å². The van der Waals surface area contributed by atoms with Gasteiger partial charge in [-0.25, -0.2) is 4.79 Å². The molecule has 0 radical (unpaired) electrons. The fourth-order valence-corrected chi connectivity index (χ4v) is 5.52. The summed E-state index contributed by atoms with van der Waals surface area (Å²) < 4.78 is 24.3. The van der Waals surface area contributed by atoms with E-state index in [2.05, 4.69) is 35.4 Å². The first-order valence-corrected chi connectivity index (χ1v) is 11.5. The fourth-order valence-electron chi connectivity index (χ4n) is 5.52. The highest BCUT2D eigenvalue weighted by Crippen LogP contribution is 2.60. The van der Waals surface area contributed by atoms with E-state index in [0.717, 1.165) is 46.1 Å². The largest absolute Gasteiger partial charge is 0.443 e. The normalized spacial score (nSPS) is 42.5. The van der Waals surface area contributed by atoms with Gasteiger partial charge in [0, 0.05) is 20.2 Å². The van der Waals surface area contributed by atoms with E-state index in [1.165, 1.54) is 0 Å². The molecule has 1 saturated carbocycles. The first-order chi connectivity index (χ1) is 13.7. The van der Waals surface area contributed by atoms with Crippen molar-refractivity contribution < 1.29 is 23.7 Å².